The predicted molar refractivity (Wildman–Crippen MR) is 87.5 cm³/mol. The average molecular weight is 314 g/mol. The van der Waals surface area contributed by atoms with E-state index < -0.39 is 0 Å². The van der Waals surface area contributed by atoms with Crippen molar-refractivity contribution < 1.29 is 4.79 Å². The molecule has 0 unspecified atom stereocenters. The Hall–Kier alpha value is -2.44. The summed E-state index contributed by atoms with van der Waals surface area (Å²) in [5, 5.41) is 14.2. The van der Waals surface area contributed by atoms with Crippen molar-refractivity contribution in [1.82, 2.24) is 25.1 Å². The van der Waals surface area contributed by atoms with Crippen molar-refractivity contribution in [2.45, 2.75) is 45.1 Å². The number of tetrazole rings is 1. The lowest BCUT2D eigenvalue weighted by atomic mass is 9.95. The lowest BCUT2D eigenvalue weighted by Gasteiger charge is -2.31. The second-order valence-electron chi connectivity index (χ2n) is 6.09. The summed E-state index contributed by atoms with van der Waals surface area (Å²) in [6.07, 6.45) is 7.40. The van der Waals surface area contributed by atoms with Gasteiger partial charge in [-0.15, -0.1) is 5.10 Å². The lowest BCUT2D eigenvalue weighted by molar-refractivity contribution is 0.186. The Labute approximate surface area is 135 Å². The maximum Gasteiger partial charge on any atom is 0.321 e. The van der Waals surface area contributed by atoms with Crippen LogP contribution in [0.2, 0.25) is 0 Å². The van der Waals surface area contributed by atoms with E-state index in [4.69, 9.17) is 0 Å². The number of aromatic nitrogens is 4. The van der Waals surface area contributed by atoms with Crippen molar-refractivity contribution in [1.29, 1.82) is 0 Å². The van der Waals surface area contributed by atoms with Gasteiger partial charge < -0.3 is 10.2 Å². The van der Waals surface area contributed by atoms with Gasteiger partial charge in [0.05, 0.1) is 5.69 Å². The van der Waals surface area contributed by atoms with E-state index in [2.05, 4.69) is 20.8 Å². The molecule has 0 aliphatic heterocycles. The summed E-state index contributed by atoms with van der Waals surface area (Å²) in [5.74, 6) is 0. The van der Waals surface area contributed by atoms with Crippen LogP contribution in [0.25, 0.3) is 5.69 Å². The molecular formula is C16H22N6O. The standard InChI is InChI=1S/C16H22N6O/c1-12-8-9-14(22-11-17-19-20-22)10-15(12)18-16(23)21(2)13-6-4-3-5-7-13/h8-11,13H,3-7H2,1-2H3,(H,18,23). The van der Waals surface area contributed by atoms with Gasteiger partial charge in [0.2, 0.25) is 0 Å². The molecule has 1 N–H and O–H groups in total. The highest BCUT2D eigenvalue weighted by Crippen LogP contribution is 2.23. The summed E-state index contributed by atoms with van der Waals surface area (Å²) < 4.78 is 1.57. The Kier molecular flexibility index (Phi) is 4.55. The van der Waals surface area contributed by atoms with E-state index in [1.165, 1.54) is 25.6 Å². The van der Waals surface area contributed by atoms with Gasteiger partial charge in [-0.2, -0.15) is 0 Å². The third kappa shape index (κ3) is 3.49. The number of nitrogens with zero attached hydrogens (tertiary/aromatic N) is 5. The molecule has 1 aliphatic carbocycles. The van der Waals surface area contributed by atoms with Crippen molar-refractivity contribution >= 4 is 11.7 Å². The molecule has 2 amide bonds. The fourth-order valence-corrected chi connectivity index (χ4v) is 3.00. The fraction of sp³-hybridized carbons (Fsp3) is 0.500. The number of nitrogens with one attached hydrogen (secondary N) is 1. The summed E-state index contributed by atoms with van der Waals surface area (Å²) in [6, 6.07) is 6.04. The highest BCUT2D eigenvalue weighted by atomic mass is 16.2. The highest BCUT2D eigenvalue weighted by molar-refractivity contribution is 5.90. The SMILES string of the molecule is Cc1ccc(-n2cnnn2)cc1NC(=O)N(C)C1CCCCC1. The zero-order chi connectivity index (χ0) is 16.2. The summed E-state index contributed by atoms with van der Waals surface area (Å²) in [6.45, 7) is 1.97. The molecule has 0 bridgehead atoms. The Bertz CT molecular complexity index is 663. The maximum absolute atomic E-state index is 12.5. The molecular weight excluding hydrogens is 292 g/mol. The topological polar surface area (TPSA) is 75.9 Å². The number of anilines is 1. The third-order valence-electron chi connectivity index (χ3n) is 4.52. The minimum atomic E-state index is -0.0612. The number of carbonyl (C=O) groups is 1. The van der Waals surface area contributed by atoms with Crippen LogP contribution in [0.1, 0.15) is 37.7 Å². The predicted octanol–water partition coefficient (Wildman–Crippen LogP) is 2.77. The zero-order valence-corrected chi connectivity index (χ0v) is 13.6. The van der Waals surface area contributed by atoms with Crippen molar-refractivity contribution in [3.05, 3.63) is 30.1 Å². The number of rotatable bonds is 3. The molecule has 0 radical (unpaired) electrons. The molecule has 1 aliphatic rings. The van der Waals surface area contributed by atoms with Gasteiger partial charge in [-0.25, -0.2) is 9.48 Å². The van der Waals surface area contributed by atoms with Gasteiger partial charge in [-0.1, -0.05) is 25.3 Å². The van der Waals surface area contributed by atoms with Gasteiger partial charge in [0.25, 0.3) is 0 Å². The van der Waals surface area contributed by atoms with Crippen molar-refractivity contribution in [2.24, 2.45) is 0 Å². The van der Waals surface area contributed by atoms with Crippen molar-refractivity contribution in [3.63, 3.8) is 0 Å². The molecule has 1 heterocycles. The third-order valence-corrected chi connectivity index (χ3v) is 4.52. The number of hydrogen-bond donors (Lipinski definition) is 1. The van der Waals surface area contributed by atoms with Crippen LogP contribution in [0.4, 0.5) is 10.5 Å². The first-order chi connectivity index (χ1) is 11.1. The summed E-state index contributed by atoms with van der Waals surface area (Å²) in [4.78, 5) is 14.4. The van der Waals surface area contributed by atoms with Crippen LogP contribution < -0.4 is 5.32 Å². The van der Waals surface area contributed by atoms with E-state index in [1.54, 1.807) is 4.68 Å². The Morgan fingerprint density at radius 3 is 2.78 bits per heavy atom. The smallest absolute Gasteiger partial charge is 0.321 e. The van der Waals surface area contributed by atoms with Crippen molar-refractivity contribution in [3.8, 4) is 5.69 Å². The summed E-state index contributed by atoms with van der Waals surface area (Å²) in [5.41, 5.74) is 2.61. The molecule has 7 heteroatoms. The van der Waals surface area contributed by atoms with E-state index in [0.717, 1.165) is 29.8 Å². The van der Waals surface area contributed by atoms with Crippen LogP contribution in [-0.4, -0.2) is 44.2 Å². The maximum atomic E-state index is 12.5. The molecule has 0 atom stereocenters. The van der Waals surface area contributed by atoms with Gasteiger partial charge in [-0.3, -0.25) is 0 Å². The molecule has 0 saturated heterocycles. The quantitative estimate of drug-likeness (QED) is 0.945. The van der Waals surface area contributed by atoms with E-state index in [0.29, 0.717) is 6.04 Å². The molecule has 23 heavy (non-hydrogen) atoms. The van der Waals surface area contributed by atoms with E-state index in [9.17, 15) is 4.79 Å². The number of carbonyl (C=O) groups excluding carboxylic acids is 1. The number of hydrogen-bond acceptors (Lipinski definition) is 4. The monoisotopic (exact) mass is 314 g/mol. The second-order valence-corrected chi connectivity index (χ2v) is 6.09. The van der Waals surface area contributed by atoms with Crippen molar-refractivity contribution in [2.75, 3.05) is 12.4 Å². The van der Waals surface area contributed by atoms with Gasteiger partial charge in [-0.05, 0) is 47.9 Å². The zero-order valence-electron chi connectivity index (χ0n) is 13.6. The first-order valence-corrected chi connectivity index (χ1v) is 8.03. The van der Waals surface area contributed by atoms with Gasteiger partial charge >= 0.3 is 6.03 Å². The second kappa shape index (κ2) is 6.76. The summed E-state index contributed by atoms with van der Waals surface area (Å²) in [7, 11) is 1.88. The Balaban J connectivity index is 1.73. The minimum Gasteiger partial charge on any atom is -0.325 e. The molecule has 1 saturated carbocycles. The van der Waals surface area contributed by atoms with Crippen LogP contribution in [-0.2, 0) is 0 Å². The molecule has 7 nitrogen and oxygen atoms in total. The van der Waals surface area contributed by atoms with Gasteiger partial charge in [0.1, 0.15) is 6.33 Å². The molecule has 1 fully saturated rings. The molecule has 0 spiro atoms. The van der Waals surface area contributed by atoms with Crippen LogP contribution in [0.3, 0.4) is 0 Å². The van der Waals surface area contributed by atoms with Crippen LogP contribution in [0.15, 0.2) is 24.5 Å². The van der Waals surface area contributed by atoms with E-state index in [1.807, 2.05) is 37.1 Å². The highest BCUT2D eigenvalue weighted by Gasteiger charge is 2.22. The van der Waals surface area contributed by atoms with E-state index >= 15 is 0 Å². The van der Waals surface area contributed by atoms with Crippen LogP contribution >= 0.6 is 0 Å². The number of benzene rings is 1. The molecule has 1 aromatic carbocycles. The molecule has 3 rings (SSSR count). The fourth-order valence-electron chi connectivity index (χ4n) is 3.00. The van der Waals surface area contributed by atoms with Gasteiger partial charge in [0, 0.05) is 18.8 Å². The average Bonchev–Trinajstić information content (AvgIpc) is 3.11. The largest absolute Gasteiger partial charge is 0.325 e. The molecule has 2 aromatic rings. The first kappa shape index (κ1) is 15.5. The summed E-state index contributed by atoms with van der Waals surface area (Å²) >= 11 is 0. The van der Waals surface area contributed by atoms with E-state index in [-0.39, 0.29) is 6.03 Å². The lowest BCUT2D eigenvalue weighted by Crippen LogP contribution is -2.41. The van der Waals surface area contributed by atoms with Crippen LogP contribution in [0.5, 0.6) is 0 Å². The Morgan fingerprint density at radius 2 is 2.09 bits per heavy atom. The van der Waals surface area contributed by atoms with Gasteiger partial charge in [0.15, 0.2) is 0 Å². The number of urea groups is 1. The molecule has 1 aromatic heterocycles. The van der Waals surface area contributed by atoms with Crippen LogP contribution in [0, 0.1) is 6.92 Å². The molecule has 122 valence electrons. The number of amides is 2. The Morgan fingerprint density at radius 1 is 1.30 bits per heavy atom. The normalized spacial score (nSPS) is 15.4. The first-order valence-electron chi connectivity index (χ1n) is 8.03. The number of aryl methyl sites for hydroxylation is 1. The minimum absolute atomic E-state index is 0.0612.